The number of hydrogen-bond acceptors (Lipinski definition) is 2. The molecule has 2 rings (SSSR count). The zero-order valence-electron chi connectivity index (χ0n) is 5.46. The molecule has 2 heterocycles. The molecule has 0 bridgehead atoms. The first-order valence-electron chi connectivity index (χ1n) is 3.12. The molecular weight excluding hydrogens is 258 g/mol. The summed E-state index contributed by atoms with van der Waals surface area (Å²) in [5.74, 6) is 0.0517. The number of alkyl halides is 1. The molecule has 0 aromatic carbocycles. The van der Waals surface area contributed by atoms with Crippen molar-refractivity contribution in [3.63, 3.8) is 0 Å². The molecule has 2 nitrogen and oxygen atoms in total. The molecule has 0 saturated carbocycles. The molecule has 0 N–H and O–H groups in total. The van der Waals surface area contributed by atoms with Gasteiger partial charge in [0.05, 0.1) is 3.92 Å². The minimum atomic E-state index is -0.466. The van der Waals surface area contributed by atoms with Gasteiger partial charge in [-0.05, 0) is 12.1 Å². The van der Waals surface area contributed by atoms with Crippen LogP contribution >= 0.6 is 22.6 Å². The maximum Gasteiger partial charge on any atom is 0.214 e. The van der Waals surface area contributed by atoms with Crippen LogP contribution in [0.2, 0.25) is 0 Å². The van der Waals surface area contributed by atoms with Gasteiger partial charge in [0.2, 0.25) is 5.95 Å². The predicted molar refractivity (Wildman–Crippen MR) is 49.1 cm³/mol. The first kappa shape index (κ1) is 7.15. The van der Waals surface area contributed by atoms with E-state index in [9.17, 15) is 4.39 Å². The summed E-state index contributed by atoms with van der Waals surface area (Å²) in [6.45, 7) is 0. The number of halogens is 2. The number of aliphatic imine (C=N–C) groups is 1. The molecule has 1 aromatic rings. The molecule has 0 amide bonds. The minimum Gasteiger partial charge on any atom is -0.240 e. The van der Waals surface area contributed by atoms with Crippen molar-refractivity contribution in [2.45, 2.75) is 3.92 Å². The largest absolute Gasteiger partial charge is 0.240 e. The average Bonchev–Trinajstić information content (AvgIpc) is 2.32. The fourth-order valence-electron chi connectivity index (χ4n) is 0.971. The van der Waals surface area contributed by atoms with Gasteiger partial charge in [0.25, 0.3) is 0 Å². The quantitative estimate of drug-likeness (QED) is 0.400. The zero-order chi connectivity index (χ0) is 7.84. The molecule has 0 radical (unpaired) electrons. The van der Waals surface area contributed by atoms with Gasteiger partial charge in [0, 0.05) is 11.8 Å². The number of hydrogen-bond donors (Lipinski definition) is 0. The Balaban J connectivity index is 2.58. The van der Waals surface area contributed by atoms with Crippen molar-refractivity contribution in [1.82, 2.24) is 4.98 Å². The van der Waals surface area contributed by atoms with Gasteiger partial charge in [0.1, 0.15) is 0 Å². The van der Waals surface area contributed by atoms with Gasteiger partial charge in [-0.1, -0.05) is 22.6 Å². The molecule has 11 heavy (non-hydrogen) atoms. The van der Waals surface area contributed by atoms with Gasteiger partial charge in [-0.2, -0.15) is 9.37 Å². The summed E-state index contributed by atoms with van der Waals surface area (Å²) in [6, 6.07) is 3.08. The summed E-state index contributed by atoms with van der Waals surface area (Å²) in [5, 5.41) is 0. The lowest BCUT2D eigenvalue weighted by Crippen LogP contribution is -1.87. The van der Waals surface area contributed by atoms with Crippen LogP contribution in [0.4, 0.5) is 10.2 Å². The second kappa shape index (κ2) is 2.51. The Bertz CT molecular complexity index is 324. The van der Waals surface area contributed by atoms with Crippen LogP contribution < -0.4 is 0 Å². The van der Waals surface area contributed by atoms with E-state index >= 15 is 0 Å². The lowest BCUT2D eigenvalue weighted by atomic mass is 10.2. The summed E-state index contributed by atoms with van der Waals surface area (Å²) in [4.78, 5) is 7.59. The van der Waals surface area contributed by atoms with Crippen LogP contribution in [-0.2, 0) is 0 Å². The average molecular weight is 262 g/mol. The van der Waals surface area contributed by atoms with E-state index < -0.39 is 5.95 Å². The number of pyridine rings is 1. The smallest absolute Gasteiger partial charge is 0.214 e. The summed E-state index contributed by atoms with van der Waals surface area (Å²) >= 11 is 2.22. The monoisotopic (exact) mass is 262 g/mol. The van der Waals surface area contributed by atoms with Crippen LogP contribution in [-0.4, -0.2) is 11.2 Å². The van der Waals surface area contributed by atoms with Gasteiger partial charge in [-0.25, -0.2) is 4.99 Å². The van der Waals surface area contributed by atoms with Gasteiger partial charge in [-0.3, -0.25) is 0 Å². The Morgan fingerprint density at radius 2 is 2.27 bits per heavy atom. The molecule has 0 aliphatic carbocycles. The van der Waals surface area contributed by atoms with Gasteiger partial charge >= 0.3 is 0 Å². The van der Waals surface area contributed by atoms with Crippen molar-refractivity contribution in [1.29, 1.82) is 0 Å². The molecular formula is C7H4FIN2. The third-order valence-electron chi connectivity index (χ3n) is 1.50. The Hall–Kier alpha value is -0.520. The summed E-state index contributed by atoms with van der Waals surface area (Å²) in [6.07, 6.45) is 1.76. The number of nitrogens with zero attached hydrogens (tertiary/aromatic N) is 2. The molecule has 0 spiro atoms. The van der Waals surface area contributed by atoms with E-state index in [2.05, 4.69) is 32.6 Å². The highest BCUT2D eigenvalue weighted by molar-refractivity contribution is 14.1. The topological polar surface area (TPSA) is 25.2 Å². The van der Waals surface area contributed by atoms with Crippen LogP contribution in [0, 0.1) is 5.95 Å². The van der Waals surface area contributed by atoms with Gasteiger partial charge < -0.3 is 0 Å². The summed E-state index contributed by atoms with van der Waals surface area (Å²) < 4.78 is 12.7. The minimum absolute atomic E-state index is 0.246. The Morgan fingerprint density at radius 3 is 3.09 bits per heavy atom. The predicted octanol–water partition coefficient (Wildman–Crippen LogP) is 2.41. The number of rotatable bonds is 0. The van der Waals surface area contributed by atoms with E-state index in [0.717, 1.165) is 5.56 Å². The zero-order valence-corrected chi connectivity index (χ0v) is 7.62. The molecule has 1 atom stereocenters. The van der Waals surface area contributed by atoms with Crippen LogP contribution in [0.1, 0.15) is 9.49 Å². The third kappa shape index (κ3) is 1.15. The van der Waals surface area contributed by atoms with E-state index in [1.807, 2.05) is 0 Å². The van der Waals surface area contributed by atoms with E-state index in [4.69, 9.17) is 0 Å². The summed E-state index contributed by atoms with van der Waals surface area (Å²) in [7, 11) is 0. The molecule has 0 fully saturated rings. The van der Waals surface area contributed by atoms with Crippen LogP contribution in [0.25, 0.3) is 0 Å². The van der Waals surface area contributed by atoms with Gasteiger partial charge in [0.15, 0.2) is 5.82 Å². The maximum absolute atomic E-state index is 12.5. The maximum atomic E-state index is 12.5. The second-order valence-corrected chi connectivity index (χ2v) is 3.57. The van der Waals surface area contributed by atoms with Crippen molar-refractivity contribution in [2.75, 3.05) is 0 Å². The lowest BCUT2D eigenvalue weighted by Gasteiger charge is -1.98. The van der Waals surface area contributed by atoms with Crippen LogP contribution in [0.3, 0.4) is 0 Å². The molecule has 1 aliphatic heterocycles. The highest BCUT2D eigenvalue weighted by atomic mass is 127. The van der Waals surface area contributed by atoms with Crippen molar-refractivity contribution < 1.29 is 4.39 Å². The molecule has 1 unspecified atom stereocenters. The summed E-state index contributed by atoms with van der Waals surface area (Å²) in [5.41, 5.74) is 0.993. The van der Waals surface area contributed by atoms with E-state index in [1.54, 1.807) is 12.3 Å². The molecule has 1 aliphatic rings. The fraction of sp³-hybridized carbons (Fsp3) is 0.143. The Kier molecular flexibility index (Phi) is 1.63. The van der Waals surface area contributed by atoms with Crippen molar-refractivity contribution >= 4 is 34.6 Å². The number of aromatic nitrogens is 1. The molecule has 1 aromatic heterocycles. The first-order chi connectivity index (χ1) is 5.27. The molecule has 0 saturated heterocycles. The van der Waals surface area contributed by atoms with Crippen LogP contribution in [0.15, 0.2) is 17.1 Å². The first-order valence-corrected chi connectivity index (χ1v) is 4.36. The lowest BCUT2D eigenvalue weighted by molar-refractivity contribution is 0.584. The highest BCUT2D eigenvalue weighted by Crippen LogP contribution is 2.34. The van der Waals surface area contributed by atoms with E-state index in [1.165, 1.54) is 6.07 Å². The van der Waals surface area contributed by atoms with Gasteiger partial charge in [-0.15, -0.1) is 0 Å². The van der Waals surface area contributed by atoms with E-state index in [-0.39, 0.29) is 3.92 Å². The molecule has 56 valence electrons. The standard InChI is InChI=1S/C7H4FIN2/c8-6-2-1-4-5(9)3-10-7(4)11-6/h1-3,5H. The SMILES string of the molecule is Fc1ccc2c(n1)N=CC2I. The second-order valence-electron chi connectivity index (χ2n) is 2.23. The Morgan fingerprint density at radius 1 is 1.45 bits per heavy atom. The van der Waals surface area contributed by atoms with Crippen molar-refractivity contribution in [3.8, 4) is 0 Å². The highest BCUT2D eigenvalue weighted by Gasteiger charge is 2.16. The number of fused-ring (bicyclic) bond motifs is 1. The van der Waals surface area contributed by atoms with Crippen LogP contribution in [0.5, 0.6) is 0 Å². The Labute approximate surface area is 76.7 Å². The normalized spacial score (nSPS) is 20.4. The van der Waals surface area contributed by atoms with Crippen molar-refractivity contribution in [2.24, 2.45) is 4.99 Å². The van der Waals surface area contributed by atoms with Crippen molar-refractivity contribution in [3.05, 3.63) is 23.6 Å². The third-order valence-corrected chi connectivity index (χ3v) is 2.49. The van der Waals surface area contributed by atoms with E-state index in [0.29, 0.717) is 5.82 Å². The fourth-order valence-corrected chi connectivity index (χ4v) is 1.62. The molecule has 4 heteroatoms.